The Bertz CT molecular complexity index is 341. The summed E-state index contributed by atoms with van der Waals surface area (Å²) in [6, 6.07) is -0.00352. The fraction of sp³-hybridized carbons (Fsp3) is 0.941. The Kier molecular flexibility index (Phi) is 6.38. The lowest BCUT2D eigenvalue weighted by atomic mass is 9.72. The number of aliphatic hydroxyl groups is 1. The third kappa shape index (κ3) is 5.68. The van der Waals surface area contributed by atoms with Gasteiger partial charge in [-0.15, -0.1) is 0 Å². The van der Waals surface area contributed by atoms with Gasteiger partial charge < -0.3 is 14.6 Å². The third-order valence-electron chi connectivity index (χ3n) is 3.81. The fourth-order valence-electron chi connectivity index (χ4n) is 2.79. The second kappa shape index (κ2) is 7.21. The number of aliphatic imine (C=N–C) groups is 1. The van der Waals surface area contributed by atoms with Crippen molar-refractivity contribution in [3.8, 4) is 0 Å². The van der Waals surface area contributed by atoms with Crippen LogP contribution < -0.4 is 0 Å². The molecule has 1 saturated heterocycles. The van der Waals surface area contributed by atoms with E-state index in [2.05, 4.69) is 32.7 Å². The van der Waals surface area contributed by atoms with Crippen LogP contribution in [0.3, 0.4) is 0 Å². The van der Waals surface area contributed by atoms with Crippen LogP contribution in [0.2, 0.25) is 0 Å². The summed E-state index contributed by atoms with van der Waals surface area (Å²) in [7, 11) is 0. The molecule has 1 rings (SSSR count). The van der Waals surface area contributed by atoms with Crippen LogP contribution in [0, 0.1) is 11.3 Å². The van der Waals surface area contributed by atoms with E-state index in [-0.39, 0.29) is 42.0 Å². The molecular weight excluding hydrogens is 266 g/mol. The molecule has 4 atom stereocenters. The first-order valence-electron chi connectivity index (χ1n) is 8.04. The number of hydrogen-bond acceptors (Lipinski definition) is 4. The normalized spacial score (nSPS) is 31.8. The Morgan fingerprint density at radius 3 is 2.29 bits per heavy atom. The van der Waals surface area contributed by atoms with Crippen LogP contribution in [0.15, 0.2) is 4.99 Å². The van der Waals surface area contributed by atoms with E-state index in [9.17, 15) is 5.11 Å². The van der Waals surface area contributed by atoms with Gasteiger partial charge >= 0.3 is 0 Å². The molecule has 1 N–H and O–H groups in total. The number of aliphatic hydroxyl groups excluding tert-OH is 1. The molecule has 0 aromatic rings. The second-order valence-electron chi connectivity index (χ2n) is 7.97. The van der Waals surface area contributed by atoms with Gasteiger partial charge in [0.15, 0.2) is 6.29 Å². The van der Waals surface area contributed by atoms with Gasteiger partial charge in [0.05, 0.1) is 18.3 Å². The van der Waals surface area contributed by atoms with Crippen molar-refractivity contribution in [2.24, 2.45) is 16.3 Å². The molecule has 0 aromatic heterocycles. The van der Waals surface area contributed by atoms with Crippen LogP contribution in [-0.4, -0.2) is 42.0 Å². The van der Waals surface area contributed by atoms with Gasteiger partial charge in [-0.05, 0) is 51.2 Å². The number of nitrogens with zero attached hydrogens (tertiary/aromatic N) is 1. The average molecular weight is 299 g/mol. The summed E-state index contributed by atoms with van der Waals surface area (Å²) in [6.45, 7) is 14.7. The summed E-state index contributed by atoms with van der Waals surface area (Å²) in [5.74, 6) is 0.265. The van der Waals surface area contributed by atoms with E-state index in [0.717, 1.165) is 12.8 Å². The zero-order chi connectivity index (χ0) is 16.3. The zero-order valence-corrected chi connectivity index (χ0v) is 14.7. The predicted molar refractivity (Wildman–Crippen MR) is 86.7 cm³/mol. The van der Waals surface area contributed by atoms with E-state index in [0.29, 0.717) is 0 Å². The molecule has 1 heterocycles. The minimum absolute atomic E-state index is 0.00352. The summed E-state index contributed by atoms with van der Waals surface area (Å²) in [4.78, 5) is 4.64. The van der Waals surface area contributed by atoms with E-state index >= 15 is 0 Å². The van der Waals surface area contributed by atoms with Crippen molar-refractivity contribution in [3.63, 3.8) is 0 Å². The predicted octanol–water partition coefficient (Wildman–Crippen LogP) is 3.42. The molecule has 0 aromatic carbocycles. The lowest BCUT2D eigenvalue weighted by Crippen LogP contribution is -2.51. The number of rotatable bonds is 4. The zero-order valence-electron chi connectivity index (χ0n) is 14.7. The monoisotopic (exact) mass is 299 g/mol. The van der Waals surface area contributed by atoms with Gasteiger partial charge in [0.25, 0.3) is 0 Å². The average Bonchev–Trinajstić information content (AvgIpc) is 2.33. The quantitative estimate of drug-likeness (QED) is 0.809. The first-order chi connectivity index (χ1) is 9.58. The Hall–Kier alpha value is -0.450. The number of hydrogen-bond donors (Lipinski definition) is 1. The van der Waals surface area contributed by atoms with Gasteiger partial charge in [-0.1, -0.05) is 27.7 Å². The smallest absolute Gasteiger partial charge is 0.180 e. The molecule has 21 heavy (non-hydrogen) atoms. The molecule has 4 unspecified atom stereocenters. The van der Waals surface area contributed by atoms with E-state index in [1.807, 2.05) is 27.0 Å². The van der Waals surface area contributed by atoms with Crippen molar-refractivity contribution >= 4 is 6.21 Å². The Morgan fingerprint density at radius 1 is 1.24 bits per heavy atom. The van der Waals surface area contributed by atoms with E-state index in [4.69, 9.17) is 9.47 Å². The molecule has 0 aliphatic carbocycles. The largest absolute Gasteiger partial charge is 0.394 e. The van der Waals surface area contributed by atoms with Gasteiger partial charge in [-0.2, -0.15) is 0 Å². The molecular formula is C17H33NO3. The van der Waals surface area contributed by atoms with Gasteiger partial charge in [-0.25, -0.2) is 0 Å². The lowest BCUT2D eigenvalue weighted by Gasteiger charge is -2.46. The highest BCUT2D eigenvalue weighted by molar-refractivity contribution is 5.56. The Labute approximate surface area is 129 Å². The minimum atomic E-state index is -0.386. The summed E-state index contributed by atoms with van der Waals surface area (Å²) in [6.07, 6.45) is 3.15. The Morgan fingerprint density at radius 2 is 1.86 bits per heavy atom. The van der Waals surface area contributed by atoms with Gasteiger partial charge in [-0.3, -0.25) is 4.99 Å². The molecule has 0 amide bonds. The standard InChI is InChI=1S/C17H33NO3/c1-8-9-18-13-10-12(16(2,3)4)14(11-19)20-15(13)21-17(5,6)7/h9,12-15,19H,8,10-11H2,1-7H3. The van der Waals surface area contributed by atoms with Crippen molar-refractivity contribution < 1.29 is 14.6 Å². The van der Waals surface area contributed by atoms with Crippen LogP contribution in [-0.2, 0) is 9.47 Å². The molecule has 0 saturated carbocycles. The highest BCUT2D eigenvalue weighted by atomic mass is 16.7. The molecule has 0 radical (unpaired) electrons. The maximum absolute atomic E-state index is 9.68. The first-order valence-corrected chi connectivity index (χ1v) is 8.04. The number of ether oxygens (including phenoxy) is 2. The van der Waals surface area contributed by atoms with Crippen LogP contribution in [0.4, 0.5) is 0 Å². The Balaban J connectivity index is 2.95. The van der Waals surface area contributed by atoms with Crippen LogP contribution in [0.1, 0.15) is 61.3 Å². The summed E-state index contributed by atoms with van der Waals surface area (Å²) >= 11 is 0. The van der Waals surface area contributed by atoms with E-state index < -0.39 is 0 Å². The summed E-state index contributed by atoms with van der Waals surface area (Å²) < 4.78 is 12.1. The lowest BCUT2D eigenvalue weighted by molar-refractivity contribution is -0.265. The highest BCUT2D eigenvalue weighted by Gasteiger charge is 2.44. The minimum Gasteiger partial charge on any atom is -0.394 e. The molecule has 0 spiro atoms. The van der Waals surface area contributed by atoms with Crippen LogP contribution in [0.5, 0.6) is 0 Å². The topological polar surface area (TPSA) is 51.1 Å². The van der Waals surface area contributed by atoms with Crippen molar-refractivity contribution in [3.05, 3.63) is 0 Å². The molecule has 1 aliphatic heterocycles. The third-order valence-corrected chi connectivity index (χ3v) is 3.81. The SMILES string of the molecule is CCC=NC1CC(C(C)(C)C)C(CO)OC1OC(C)(C)C. The van der Waals surface area contributed by atoms with Gasteiger partial charge in [0.2, 0.25) is 0 Å². The molecule has 124 valence electrons. The fourth-order valence-corrected chi connectivity index (χ4v) is 2.79. The highest BCUT2D eigenvalue weighted by Crippen LogP contribution is 2.40. The maximum Gasteiger partial charge on any atom is 0.180 e. The summed E-state index contributed by atoms with van der Waals surface area (Å²) in [5.41, 5.74) is -0.223. The first kappa shape index (κ1) is 18.6. The van der Waals surface area contributed by atoms with Gasteiger partial charge in [0.1, 0.15) is 6.04 Å². The van der Waals surface area contributed by atoms with E-state index in [1.165, 1.54) is 0 Å². The van der Waals surface area contributed by atoms with Crippen molar-refractivity contribution in [2.45, 2.75) is 85.3 Å². The van der Waals surface area contributed by atoms with E-state index in [1.54, 1.807) is 0 Å². The van der Waals surface area contributed by atoms with Crippen molar-refractivity contribution in [2.75, 3.05) is 6.61 Å². The van der Waals surface area contributed by atoms with Crippen molar-refractivity contribution in [1.29, 1.82) is 0 Å². The molecule has 1 fully saturated rings. The molecule has 1 aliphatic rings. The molecule has 4 nitrogen and oxygen atoms in total. The second-order valence-corrected chi connectivity index (χ2v) is 7.97. The maximum atomic E-state index is 9.68. The van der Waals surface area contributed by atoms with Gasteiger partial charge in [0, 0.05) is 0 Å². The summed E-state index contributed by atoms with van der Waals surface area (Å²) in [5, 5.41) is 9.68. The van der Waals surface area contributed by atoms with Crippen LogP contribution in [0.25, 0.3) is 0 Å². The molecule has 0 bridgehead atoms. The molecule has 4 heteroatoms. The van der Waals surface area contributed by atoms with Crippen LogP contribution >= 0.6 is 0 Å². The van der Waals surface area contributed by atoms with Crippen molar-refractivity contribution in [1.82, 2.24) is 0 Å².